The van der Waals surface area contributed by atoms with Gasteiger partial charge in [-0.05, 0) is 45.6 Å². The molecule has 120 valence electrons. The number of aliphatic hydroxyl groups excluding tert-OH is 1. The van der Waals surface area contributed by atoms with Crippen molar-refractivity contribution < 1.29 is 9.52 Å². The first kappa shape index (κ1) is 15.5. The van der Waals surface area contributed by atoms with Crippen LogP contribution in [-0.4, -0.2) is 55.2 Å². The van der Waals surface area contributed by atoms with Crippen LogP contribution in [0.1, 0.15) is 18.6 Å². The Morgan fingerprint density at radius 2 is 2.14 bits per heavy atom. The van der Waals surface area contributed by atoms with Crippen molar-refractivity contribution in [3.8, 4) is 0 Å². The van der Waals surface area contributed by atoms with Crippen molar-refractivity contribution in [1.82, 2.24) is 9.80 Å². The smallest absolute Gasteiger partial charge is 0.134 e. The maximum Gasteiger partial charge on any atom is 0.134 e. The molecule has 1 aromatic carbocycles. The van der Waals surface area contributed by atoms with E-state index in [1.807, 2.05) is 18.2 Å². The van der Waals surface area contributed by atoms with Crippen LogP contribution in [0.4, 0.5) is 0 Å². The lowest BCUT2D eigenvalue weighted by molar-refractivity contribution is 0.00853. The van der Waals surface area contributed by atoms with Crippen molar-refractivity contribution in [2.45, 2.75) is 19.4 Å². The number of para-hydroxylation sites is 1. The SMILES string of the molecule is CN(C)CC1(CO)CCCN(Cc2cc3ccccc3o2)C1. The number of rotatable bonds is 5. The molecule has 0 bridgehead atoms. The summed E-state index contributed by atoms with van der Waals surface area (Å²) >= 11 is 0. The van der Waals surface area contributed by atoms with E-state index in [0.29, 0.717) is 0 Å². The van der Waals surface area contributed by atoms with E-state index in [0.717, 1.165) is 55.8 Å². The van der Waals surface area contributed by atoms with Crippen molar-refractivity contribution in [3.63, 3.8) is 0 Å². The molecule has 2 aromatic rings. The molecule has 1 unspecified atom stereocenters. The van der Waals surface area contributed by atoms with Gasteiger partial charge in [-0.2, -0.15) is 0 Å². The first-order valence-electron chi connectivity index (χ1n) is 8.06. The monoisotopic (exact) mass is 302 g/mol. The zero-order valence-corrected chi connectivity index (χ0v) is 13.6. The minimum atomic E-state index is -0.00619. The van der Waals surface area contributed by atoms with Crippen molar-refractivity contribution in [2.24, 2.45) is 5.41 Å². The Balaban J connectivity index is 1.71. The van der Waals surface area contributed by atoms with Crippen LogP contribution in [0.5, 0.6) is 0 Å². The van der Waals surface area contributed by atoms with E-state index in [2.05, 4.69) is 36.0 Å². The highest BCUT2D eigenvalue weighted by atomic mass is 16.3. The molecule has 0 radical (unpaired) electrons. The predicted molar refractivity (Wildman–Crippen MR) is 88.8 cm³/mol. The second kappa shape index (κ2) is 6.41. The molecule has 1 atom stereocenters. The Morgan fingerprint density at radius 1 is 1.32 bits per heavy atom. The third-order valence-electron chi connectivity index (χ3n) is 4.58. The highest BCUT2D eigenvalue weighted by Crippen LogP contribution is 2.31. The van der Waals surface area contributed by atoms with Gasteiger partial charge in [0.25, 0.3) is 0 Å². The average molecular weight is 302 g/mol. The van der Waals surface area contributed by atoms with E-state index >= 15 is 0 Å². The molecule has 2 heterocycles. The summed E-state index contributed by atoms with van der Waals surface area (Å²) in [6, 6.07) is 10.3. The Labute approximate surface area is 132 Å². The minimum absolute atomic E-state index is 0.00619. The molecule has 0 amide bonds. The first-order chi connectivity index (χ1) is 10.6. The largest absolute Gasteiger partial charge is 0.460 e. The molecule has 22 heavy (non-hydrogen) atoms. The van der Waals surface area contributed by atoms with E-state index in [1.54, 1.807) is 0 Å². The van der Waals surface area contributed by atoms with Crippen molar-refractivity contribution in [1.29, 1.82) is 0 Å². The van der Waals surface area contributed by atoms with Crippen LogP contribution < -0.4 is 0 Å². The van der Waals surface area contributed by atoms with Crippen LogP contribution in [0.3, 0.4) is 0 Å². The summed E-state index contributed by atoms with van der Waals surface area (Å²) in [6.45, 7) is 4.01. The Kier molecular flexibility index (Phi) is 4.52. The average Bonchev–Trinajstić information content (AvgIpc) is 2.89. The van der Waals surface area contributed by atoms with Crippen LogP contribution >= 0.6 is 0 Å². The zero-order valence-electron chi connectivity index (χ0n) is 13.6. The van der Waals surface area contributed by atoms with Crippen molar-refractivity contribution in [2.75, 3.05) is 40.3 Å². The molecule has 0 saturated carbocycles. The summed E-state index contributed by atoms with van der Waals surface area (Å²) in [4.78, 5) is 4.60. The zero-order chi connectivity index (χ0) is 15.6. The topological polar surface area (TPSA) is 39.9 Å². The fourth-order valence-corrected chi connectivity index (χ4v) is 3.76. The molecule has 1 aromatic heterocycles. The fourth-order valence-electron chi connectivity index (χ4n) is 3.76. The quantitative estimate of drug-likeness (QED) is 0.921. The normalized spacial score (nSPS) is 23.5. The van der Waals surface area contributed by atoms with E-state index in [-0.39, 0.29) is 12.0 Å². The molecule has 1 aliphatic heterocycles. The van der Waals surface area contributed by atoms with Crippen LogP contribution in [0.2, 0.25) is 0 Å². The number of furan rings is 1. The molecule has 1 saturated heterocycles. The van der Waals surface area contributed by atoms with Gasteiger partial charge in [0, 0.05) is 23.9 Å². The molecule has 4 heteroatoms. The number of hydrogen-bond acceptors (Lipinski definition) is 4. The van der Waals surface area contributed by atoms with E-state index in [4.69, 9.17) is 4.42 Å². The molecule has 3 rings (SSSR count). The number of aliphatic hydroxyl groups is 1. The molecule has 4 nitrogen and oxygen atoms in total. The van der Waals surface area contributed by atoms with Gasteiger partial charge in [-0.3, -0.25) is 4.90 Å². The third kappa shape index (κ3) is 3.35. The maximum absolute atomic E-state index is 9.91. The predicted octanol–water partition coefficient (Wildman–Crippen LogP) is 2.57. The number of nitrogens with zero attached hydrogens (tertiary/aromatic N) is 2. The van der Waals surface area contributed by atoms with Gasteiger partial charge < -0.3 is 14.4 Å². The Morgan fingerprint density at radius 3 is 2.86 bits per heavy atom. The van der Waals surface area contributed by atoms with Gasteiger partial charge in [0.15, 0.2) is 0 Å². The highest BCUT2D eigenvalue weighted by Gasteiger charge is 2.35. The lowest BCUT2D eigenvalue weighted by Gasteiger charge is -2.43. The third-order valence-corrected chi connectivity index (χ3v) is 4.58. The maximum atomic E-state index is 9.91. The summed E-state index contributed by atoms with van der Waals surface area (Å²) in [5.41, 5.74) is 0.949. The number of hydrogen-bond donors (Lipinski definition) is 1. The second-order valence-electron chi connectivity index (χ2n) is 6.96. The molecule has 1 aliphatic rings. The van der Waals surface area contributed by atoms with Crippen LogP contribution in [-0.2, 0) is 6.54 Å². The number of likely N-dealkylation sites (tertiary alicyclic amines) is 1. The molecular formula is C18H26N2O2. The van der Waals surface area contributed by atoms with Gasteiger partial charge in [-0.15, -0.1) is 0 Å². The Bertz CT molecular complexity index is 589. The minimum Gasteiger partial charge on any atom is -0.460 e. The lowest BCUT2D eigenvalue weighted by atomic mass is 9.80. The Hall–Kier alpha value is -1.36. The van der Waals surface area contributed by atoms with Gasteiger partial charge in [0.05, 0.1) is 13.2 Å². The van der Waals surface area contributed by atoms with Crippen molar-refractivity contribution >= 4 is 11.0 Å². The number of benzene rings is 1. The molecule has 1 fully saturated rings. The fraction of sp³-hybridized carbons (Fsp3) is 0.556. The summed E-state index contributed by atoms with van der Waals surface area (Å²) in [6.07, 6.45) is 2.23. The van der Waals surface area contributed by atoms with Crippen LogP contribution in [0.15, 0.2) is 34.7 Å². The van der Waals surface area contributed by atoms with Crippen LogP contribution in [0, 0.1) is 5.41 Å². The van der Waals surface area contributed by atoms with Crippen molar-refractivity contribution in [3.05, 3.63) is 36.1 Å². The molecule has 1 N–H and O–H groups in total. The molecular weight excluding hydrogens is 276 g/mol. The van der Waals surface area contributed by atoms with E-state index in [9.17, 15) is 5.11 Å². The van der Waals surface area contributed by atoms with Gasteiger partial charge >= 0.3 is 0 Å². The summed E-state index contributed by atoms with van der Waals surface area (Å²) in [7, 11) is 4.16. The summed E-state index contributed by atoms with van der Waals surface area (Å²) in [5, 5.41) is 11.1. The molecule has 0 spiro atoms. The second-order valence-corrected chi connectivity index (χ2v) is 6.96. The standard InChI is InChI=1S/C18H26N2O2/c1-19(2)12-18(14-21)8-5-9-20(13-18)11-16-10-15-6-3-4-7-17(15)22-16/h3-4,6-7,10,21H,5,8-9,11-14H2,1-2H3. The van der Waals surface area contributed by atoms with Crippen LogP contribution in [0.25, 0.3) is 11.0 Å². The van der Waals surface area contributed by atoms with Gasteiger partial charge in [0.1, 0.15) is 11.3 Å². The van der Waals surface area contributed by atoms with Gasteiger partial charge in [-0.25, -0.2) is 0 Å². The van der Waals surface area contributed by atoms with Gasteiger partial charge in [0.2, 0.25) is 0 Å². The lowest BCUT2D eigenvalue weighted by Crippen LogP contribution is -2.49. The van der Waals surface area contributed by atoms with E-state index in [1.165, 1.54) is 0 Å². The van der Waals surface area contributed by atoms with Gasteiger partial charge in [-0.1, -0.05) is 18.2 Å². The highest BCUT2D eigenvalue weighted by molar-refractivity contribution is 5.77. The number of piperidine rings is 1. The van der Waals surface area contributed by atoms with E-state index < -0.39 is 0 Å². The summed E-state index contributed by atoms with van der Waals surface area (Å²) < 4.78 is 5.94. The molecule has 0 aliphatic carbocycles. The first-order valence-corrected chi connectivity index (χ1v) is 8.06. The number of fused-ring (bicyclic) bond motifs is 1. The summed E-state index contributed by atoms with van der Waals surface area (Å²) in [5.74, 6) is 1.01.